The van der Waals surface area contributed by atoms with Gasteiger partial charge < -0.3 is 10.2 Å². The average molecular weight is 366 g/mol. The van der Waals surface area contributed by atoms with Gasteiger partial charge in [0.25, 0.3) is 0 Å². The maximum absolute atomic E-state index is 12.7. The highest BCUT2D eigenvalue weighted by Crippen LogP contribution is 2.31. The Labute approximate surface area is 145 Å². The first-order chi connectivity index (χ1) is 11.8. The standard InChI is InChI=1S/C16H13F3N4OS/c1-9-2-4-10(5-3-9)11-7-21-14(24-11)8-25-15-22-12(16(17,18)19)6-13(20)23-15/h2-7H,8H2,1H3,(H2,20,22,23). The van der Waals surface area contributed by atoms with Gasteiger partial charge in [0, 0.05) is 11.6 Å². The van der Waals surface area contributed by atoms with Crippen LogP contribution in [0.25, 0.3) is 11.3 Å². The molecular weight excluding hydrogens is 353 g/mol. The molecule has 0 spiro atoms. The lowest BCUT2D eigenvalue weighted by Crippen LogP contribution is -2.10. The summed E-state index contributed by atoms with van der Waals surface area (Å²) < 4.78 is 43.9. The van der Waals surface area contributed by atoms with Crippen LogP contribution in [-0.4, -0.2) is 15.0 Å². The predicted molar refractivity (Wildman–Crippen MR) is 87.7 cm³/mol. The van der Waals surface area contributed by atoms with Gasteiger partial charge >= 0.3 is 6.18 Å². The quantitative estimate of drug-likeness (QED) is 0.547. The zero-order valence-corrected chi connectivity index (χ0v) is 13.9. The zero-order chi connectivity index (χ0) is 18.0. The van der Waals surface area contributed by atoms with E-state index in [0.717, 1.165) is 22.9 Å². The molecule has 130 valence electrons. The molecular formula is C16H13F3N4OS. The molecule has 0 atom stereocenters. The lowest BCUT2D eigenvalue weighted by molar-refractivity contribution is -0.141. The van der Waals surface area contributed by atoms with E-state index in [1.807, 2.05) is 31.2 Å². The van der Waals surface area contributed by atoms with Crippen LogP contribution in [0.5, 0.6) is 0 Å². The number of nitrogens with zero attached hydrogens (tertiary/aromatic N) is 3. The van der Waals surface area contributed by atoms with Gasteiger partial charge in [-0.1, -0.05) is 41.6 Å². The summed E-state index contributed by atoms with van der Waals surface area (Å²) in [7, 11) is 0. The number of aromatic nitrogens is 3. The van der Waals surface area contributed by atoms with Gasteiger partial charge in [0.2, 0.25) is 5.89 Å². The number of oxazole rings is 1. The second-order valence-electron chi connectivity index (χ2n) is 5.23. The van der Waals surface area contributed by atoms with Crippen molar-refractivity contribution in [3.05, 3.63) is 53.7 Å². The summed E-state index contributed by atoms with van der Waals surface area (Å²) in [5.41, 5.74) is 6.33. The molecule has 2 heterocycles. The van der Waals surface area contributed by atoms with E-state index >= 15 is 0 Å². The number of aryl methyl sites for hydroxylation is 1. The van der Waals surface area contributed by atoms with E-state index in [0.29, 0.717) is 17.7 Å². The summed E-state index contributed by atoms with van der Waals surface area (Å²) in [5, 5.41) is -0.0811. The molecule has 0 aliphatic carbocycles. The molecule has 3 aromatic rings. The van der Waals surface area contributed by atoms with Crippen LogP contribution in [-0.2, 0) is 11.9 Å². The molecule has 0 amide bonds. The number of nitrogen functional groups attached to an aromatic ring is 1. The lowest BCUT2D eigenvalue weighted by atomic mass is 10.1. The zero-order valence-electron chi connectivity index (χ0n) is 13.0. The van der Waals surface area contributed by atoms with Crippen molar-refractivity contribution in [3.63, 3.8) is 0 Å². The van der Waals surface area contributed by atoms with E-state index in [1.165, 1.54) is 0 Å². The second-order valence-corrected chi connectivity index (χ2v) is 6.17. The molecule has 5 nitrogen and oxygen atoms in total. The van der Waals surface area contributed by atoms with Crippen molar-refractivity contribution in [2.24, 2.45) is 0 Å². The van der Waals surface area contributed by atoms with Crippen LogP contribution in [0.2, 0.25) is 0 Å². The number of thioether (sulfide) groups is 1. The molecule has 0 radical (unpaired) electrons. The number of anilines is 1. The fraction of sp³-hybridized carbons (Fsp3) is 0.188. The number of hydrogen-bond donors (Lipinski definition) is 1. The summed E-state index contributed by atoms with van der Waals surface area (Å²) in [4.78, 5) is 11.4. The monoisotopic (exact) mass is 366 g/mol. The van der Waals surface area contributed by atoms with E-state index in [2.05, 4.69) is 15.0 Å². The van der Waals surface area contributed by atoms with Gasteiger partial charge in [0.1, 0.15) is 5.82 Å². The van der Waals surface area contributed by atoms with Gasteiger partial charge in [-0.15, -0.1) is 0 Å². The van der Waals surface area contributed by atoms with Gasteiger partial charge in [-0.25, -0.2) is 15.0 Å². The predicted octanol–water partition coefficient (Wildman–Crippen LogP) is 4.33. The molecule has 0 aliphatic rings. The molecule has 25 heavy (non-hydrogen) atoms. The normalized spacial score (nSPS) is 11.7. The minimum absolute atomic E-state index is 0.0811. The summed E-state index contributed by atoms with van der Waals surface area (Å²) in [6.45, 7) is 1.98. The van der Waals surface area contributed by atoms with Crippen LogP contribution < -0.4 is 5.73 Å². The van der Waals surface area contributed by atoms with Crippen molar-refractivity contribution >= 4 is 17.6 Å². The van der Waals surface area contributed by atoms with Gasteiger partial charge in [0.05, 0.1) is 11.9 Å². The SMILES string of the molecule is Cc1ccc(-c2cnc(CSc3nc(N)cc(C(F)(F)F)n3)o2)cc1. The van der Waals surface area contributed by atoms with Crippen molar-refractivity contribution in [2.45, 2.75) is 24.0 Å². The molecule has 9 heteroatoms. The fourth-order valence-electron chi connectivity index (χ4n) is 2.01. The van der Waals surface area contributed by atoms with Gasteiger partial charge in [-0.2, -0.15) is 13.2 Å². The first-order valence-corrected chi connectivity index (χ1v) is 8.16. The minimum Gasteiger partial charge on any atom is -0.440 e. The van der Waals surface area contributed by atoms with Crippen molar-refractivity contribution in [3.8, 4) is 11.3 Å². The third kappa shape index (κ3) is 4.30. The smallest absolute Gasteiger partial charge is 0.433 e. The maximum Gasteiger partial charge on any atom is 0.433 e. The largest absolute Gasteiger partial charge is 0.440 e. The fourth-order valence-corrected chi connectivity index (χ4v) is 2.73. The van der Waals surface area contributed by atoms with E-state index in [9.17, 15) is 13.2 Å². The summed E-state index contributed by atoms with van der Waals surface area (Å²) in [6, 6.07) is 8.41. The summed E-state index contributed by atoms with van der Waals surface area (Å²) >= 11 is 0.970. The number of hydrogen-bond acceptors (Lipinski definition) is 6. The number of rotatable bonds is 4. The Morgan fingerprint density at radius 1 is 1.16 bits per heavy atom. The molecule has 0 saturated heterocycles. The van der Waals surface area contributed by atoms with E-state index in [4.69, 9.17) is 10.2 Å². The van der Waals surface area contributed by atoms with Crippen molar-refractivity contribution in [2.75, 3.05) is 5.73 Å². The number of halogens is 3. The maximum atomic E-state index is 12.7. The molecule has 0 fully saturated rings. The number of nitrogens with two attached hydrogens (primary N) is 1. The Bertz CT molecular complexity index is 878. The summed E-state index contributed by atoms with van der Waals surface area (Å²) in [5.74, 6) is 0.893. The highest BCUT2D eigenvalue weighted by Gasteiger charge is 2.33. The molecule has 0 unspecified atom stereocenters. The second kappa shape index (κ2) is 6.75. The van der Waals surface area contributed by atoms with Crippen LogP contribution in [0, 0.1) is 6.92 Å². The van der Waals surface area contributed by atoms with Gasteiger partial charge in [0.15, 0.2) is 16.6 Å². The van der Waals surface area contributed by atoms with Crippen LogP contribution in [0.1, 0.15) is 17.1 Å². The Morgan fingerprint density at radius 2 is 1.88 bits per heavy atom. The van der Waals surface area contributed by atoms with Gasteiger partial charge in [-0.3, -0.25) is 0 Å². The Hall–Kier alpha value is -2.55. The lowest BCUT2D eigenvalue weighted by Gasteiger charge is -2.07. The Kier molecular flexibility index (Phi) is 4.67. The molecule has 0 aliphatic heterocycles. The average Bonchev–Trinajstić information content (AvgIpc) is 3.01. The highest BCUT2D eigenvalue weighted by molar-refractivity contribution is 7.98. The molecule has 0 bridgehead atoms. The Balaban J connectivity index is 1.72. The van der Waals surface area contributed by atoms with Crippen LogP contribution >= 0.6 is 11.8 Å². The van der Waals surface area contributed by atoms with Crippen LogP contribution in [0.4, 0.5) is 19.0 Å². The van der Waals surface area contributed by atoms with Crippen molar-refractivity contribution in [1.29, 1.82) is 0 Å². The van der Waals surface area contributed by atoms with Gasteiger partial charge in [-0.05, 0) is 6.92 Å². The van der Waals surface area contributed by atoms with E-state index < -0.39 is 11.9 Å². The first-order valence-electron chi connectivity index (χ1n) is 7.17. The molecule has 1 aromatic carbocycles. The molecule has 2 aromatic heterocycles. The van der Waals surface area contributed by atoms with Crippen molar-refractivity contribution < 1.29 is 17.6 Å². The van der Waals surface area contributed by atoms with Crippen LogP contribution in [0.3, 0.4) is 0 Å². The third-order valence-corrected chi connectivity index (χ3v) is 4.06. The summed E-state index contributed by atoms with van der Waals surface area (Å²) in [6.07, 6.45) is -3.00. The Morgan fingerprint density at radius 3 is 2.56 bits per heavy atom. The molecule has 2 N–H and O–H groups in total. The topological polar surface area (TPSA) is 77.8 Å². The van der Waals surface area contributed by atoms with Crippen molar-refractivity contribution in [1.82, 2.24) is 15.0 Å². The minimum atomic E-state index is -4.58. The molecule has 0 saturated carbocycles. The number of alkyl halides is 3. The van der Waals surface area contributed by atoms with Crippen LogP contribution in [0.15, 0.2) is 46.1 Å². The van der Waals surface area contributed by atoms with E-state index in [-0.39, 0.29) is 16.7 Å². The third-order valence-electron chi connectivity index (χ3n) is 3.23. The highest BCUT2D eigenvalue weighted by atomic mass is 32.2. The molecule has 3 rings (SSSR count). The first kappa shape index (κ1) is 17.3. The number of benzene rings is 1. The van der Waals surface area contributed by atoms with E-state index in [1.54, 1.807) is 6.20 Å².